The van der Waals surface area contributed by atoms with E-state index in [9.17, 15) is 0 Å². The van der Waals surface area contributed by atoms with Crippen molar-refractivity contribution in [2.24, 2.45) is 5.92 Å². The first-order valence-corrected chi connectivity index (χ1v) is 5.84. The van der Waals surface area contributed by atoms with Crippen molar-refractivity contribution >= 4 is 0 Å². The second-order valence-electron chi connectivity index (χ2n) is 4.33. The summed E-state index contributed by atoms with van der Waals surface area (Å²) in [4.78, 5) is 4.36. The van der Waals surface area contributed by atoms with E-state index < -0.39 is 0 Å². The minimum absolute atomic E-state index is 0.534. The van der Waals surface area contributed by atoms with Gasteiger partial charge in [0.25, 0.3) is 0 Å². The number of ether oxygens (including phenoxy) is 1. The molecule has 1 aromatic rings. The fraction of sp³-hybridized carbons (Fsp3) is 0.615. The lowest BCUT2D eigenvalue weighted by molar-refractivity contribution is 0.386. The normalized spacial score (nSPS) is 12.8. The molecule has 3 nitrogen and oxygen atoms in total. The molecule has 1 rings (SSSR count). The average molecular weight is 222 g/mol. The zero-order chi connectivity index (χ0) is 12.0. The third kappa shape index (κ3) is 3.49. The van der Waals surface area contributed by atoms with Crippen LogP contribution in [-0.2, 0) is 6.42 Å². The van der Waals surface area contributed by atoms with Gasteiger partial charge < -0.3 is 10.1 Å². The number of methoxy groups -OCH3 is 1. The summed E-state index contributed by atoms with van der Waals surface area (Å²) >= 11 is 0. The second-order valence-corrected chi connectivity index (χ2v) is 4.33. The molecule has 0 aromatic carbocycles. The molecular formula is C13H22N2O. The largest absolute Gasteiger partial charge is 0.495 e. The number of hydrogen-bond acceptors (Lipinski definition) is 3. The lowest BCUT2D eigenvalue weighted by Crippen LogP contribution is -2.31. The molecule has 1 heterocycles. The maximum Gasteiger partial charge on any atom is 0.140 e. The van der Waals surface area contributed by atoms with E-state index in [0.717, 1.165) is 24.3 Å². The van der Waals surface area contributed by atoms with E-state index in [1.54, 1.807) is 7.11 Å². The molecule has 0 bridgehead atoms. The number of pyridine rings is 1. The Balaban J connectivity index is 2.59. The van der Waals surface area contributed by atoms with E-state index in [4.69, 9.17) is 4.74 Å². The highest BCUT2D eigenvalue weighted by Crippen LogP contribution is 2.18. The van der Waals surface area contributed by atoms with Crippen molar-refractivity contribution in [1.82, 2.24) is 10.3 Å². The monoisotopic (exact) mass is 222 g/mol. The molecule has 0 saturated heterocycles. The van der Waals surface area contributed by atoms with Gasteiger partial charge in [0.2, 0.25) is 0 Å². The van der Waals surface area contributed by atoms with Crippen molar-refractivity contribution in [2.45, 2.75) is 32.7 Å². The molecule has 1 aromatic heterocycles. The van der Waals surface area contributed by atoms with E-state index in [1.165, 1.54) is 0 Å². The van der Waals surface area contributed by atoms with Crippen LogP contribution in [-0.4, -0.2) is 25.2 Å². The standard InChI is InChI=1S/C13H22N2O/c1-10(2)11(14-3)7-8-12-13(16-4)6-5-9-15-12/h5-6,9-11,14H,7-8H2,1-4H3. The lowest BCUT2D eigenvalue weighted by Gasteiger charge is -2.20. The Hall–Kier alpha value is -1.09. The van der Waals surface area contributed by atoms with Crippen LogP contribution in [0.25, 0.3) is 0 Å². The van der Waals surface area contributed by atoms with Gasteiger partial charge in [0.1, 0.15) is 5.75 Å². The highest BCUT2D eigenvalue weighted by atomic mass is 16.5. The maximum atomic E-state index is 5.29. The van der Waals surface area contributed by atoms with Crippen molar-refractivity contribution in [2.75, 3.05) is 14.2 Å². The summed E-state index contributed by atoms with van der Waals surface area (Å²) in [5.74, 6) is 1.53. The van der Waals surface area contributed by atoms with Gasteiger partial charge in [-0.15, -0.1) is 0 Å². The molecule has 0 aliphatic carbocycles. The van der Waals surface area contributed by atoms with Gasteiger partial charge >= 0.3 is 0 Å². The predicted molar refractivity (Wildman–Crippen MR) is 66.8 cm³/mol. The van der Waals surface area contributed by atoms with Crippen molar-refractivity contribution in [3.8, 4) is 5.75 Å². The van der Waals surface area contributed by atoms with Gasteiger partial charge in [-0.2, -0.15) is 0 Å². The highest BCUT2D eigenvalue weighted by molar-refractivity contribution is 5.26. The highest BCUT2D eigenvalue weighted by Gasteiger charge is 2.12. The molecule has 0 saturated carbocycles. The SMILES string of the molecule is CNC(CCc1ncccc1OC)C(C)C. The van der Waals surface area contributed by atoms with Gasteiger partial charge in [-0.1, -0.05) is 13.8 Å². The molecule has 1 atom stereocenters. The van der Waals surface area contributed by atoms with E-state index in [0.29, 0.717) is 12.0 Å². The van der Waals surface area contributed by atoms with Gasteiger partial charge in [0.05, 0.1) is 12.8 Å². The minimum Gasteiger partial charge on any atom is -0.495 e. The number of aromatic nitrogens is 1. The predicted octanol–water partition coefficient (Wildman–Crippen LogP) is 2.27. The molecule has 0 fully saturated rings. The number of rotatable bonds is 6. The molecule has 1 N–H and O–H groups in total. The summed E-state index contributed by atoms with van der Waals surface area (Å²) in [6.07, 6.45) is 3.86. The number of nitrogens with one attached hydrogen (secondary N) is 1. The minimum atomic E-state index is 0.534. The van der Waals surface area contributed by atoms with Crippen LogP contribution in [0.15, 0.2) is 18.3 Å². The zero-order valence-corrected chi connectivity index (χ0v) is 10.7. The molecule has 0 aliphatic heterocycles. The van der Waals surface area contributed by atoms with Crippen molar-refractivity contribution in [1.29, 1.82) is 0 Å². The third-order valence-electron chi connectivity index (χ3n) is 2.94. The summed E-state index contributed by atoms with van der Waals surface area (Å²) in [6.45, 7) is 4.47. The van der Waals surface area contributed by atoms with Gasteiger partial charge in [-0.3, -0.25) is 4.98 Å². The Morgan fingerprint density at radius 3 is 2.75 bits per heavy atom. The van der Waals surface area contributed by atoms with Crippen LogP contribution in [0, 0.1) is 5.92 Å². The molecule has 0 spiro atoms. The first kappa shape index (κ1) is 13.0. The fourth-order valence-electron chi connectivity index (χ4n) is 1.90. The van der Waals surface area contributed by atoms with Crippen LogP contribution in [0.5, 0.6) is 5.75 Å². The van der Waals surface area contributed by atoms with Crippen LogP contribution in [0.2, 0.25) is 0 Å². The summed E-state index contributed by atoms with van der Waals surface area (Å²) in [6, 6.07) is 4.40. The fourth-order valence-corrected chi connectivity index (χ4v) is 1.90. The average Bonchev–Trinajstić information content (AvgIpc) is 2.30. The molecule has 3 heteroatoms. The molecule has 1 unspecified atom stereocenters. The Bertz CT molecular complexity index is 313. The third-order valence-corrected chi connectivity index (χ3v) is 2.94. The summed E-state index contributed by atoms with van der Waals surface area (Å²) in [7, 11) is 3.71. The Morgan fingerprint density at radius 2 is 2.19 bits per heavy atom. The Kier molecular flexibility index (Phi) is 5.26. The molecule has 0 amide bonds. The van der Waals surface area contributed by atoms with Crippen molar-refractivity contribution in [3.05, 3.63) is 24.0 Å². The van der Waals surface area contributed by atoms with Gasteiger partial charge in [0, 0.05) is 12.2 Å². The number of hydrogen-bond donors (Lipinski definition) is 1. The van der Waals surface area contributed by atoms with Gasteiger partial charge in [-0.05, 0) is 37.9 Å². The molecular weight excluding hydrogens is 200 g/mol. The quantitative estimate of drug-likeness (QED) is 0.801. The summed E-state index contributed by atoms with van der Waals surface area (Å²) in [5, 5.41) is 3.34. The first-order valence-electron chi connectivity index (χ1n) is 5.84. The molecule has 0 aliphatic rings. The van der Waals surface area contributed by atoms with Crippen LogP contribution < -0.4 is 10.1 Å². The van der Waals surface area contributed by atoms with Crippen LogP contribution in [0.4, 0.5) is 0 Å². The Labute approximate surface area is 98.2 Å². The first-order chi connectivity index (χ1) is 7.69. The molecule has 90 valence electrons. The van der Waals surface area contributed by atoms with Crippen LogP contribution in [0.1, 0.15) is 26.0 Å². The smallest absolute Gasteiger partial charge is 0.140 e. The van der Waals surface area contributed by atoms with Crippen LogP contribution in [0.3, 0.4) is 0 Å². The summed E-state index contributed by atoms with van der Waals surface area (Å²) in [5.41, 5.74) is 1.05. The van der Waals surface area contributed by atoms with E-state index in [1.807, 2.05) is 25.4 Å². The topological polar surface area (TPSA) is 34.2 Å². The van der Waals surface area contributed by atoms with Gasteiger partial charge in [0.15, 0.2) is 0 Å². The van der Waals surface area contributed by atoms with Crippen molar-refractivity contribution < 1.29 is 4.74 Å². The number of nitrogens with zero attached hydrogens (tertiary/aromatic N) is 1. The second kappa shape index (κ2) is 6.48. The number of aryl methyl sites for hydroxylation is 1. The van der Waals surface area contributed by atoms with E-state index in [-0.39, 0.29) is 0 Å². The van der Waals surface area contributed by atoms with Crippen LogP contribution >= 0.6 is 0 Å². The molecule has 16 heavy (non-hydrogen) atoms. The van der Waals surface area contributed by atoms with Crippen molar-refractivity contribution in [3.63, 3.8) is 0 Å². The van der Waals surface area contributed by atoms with E-state index in [2.05, 4.69) is 24.1 Å². The maximum absolute atomic E-state index is 5.29. The zero-order valence-electron chi connectivity index (χ0n) is 10.7. The van der Waals surface area contributed by atoms with Gasteiger partial charge in [-0.25, -0.2) is 0 Å². The lowest BCUT2D eigenvalue weighted by atomic mass is 9.98. The van der Waals surface area contributed by atoms with E-state index >= 15 is 0 Å². The Morgan fingerprint density at radius 1 is 1.44 bits per heavy atom. The summed E-state index contributed by atoms with van der Waals surface area (Å²) < 4.78 is 5.29. The molecule has 0 radical (unpaired) electrons.